The molecule has 1 fully saturated rings. The molecule has 0 bridgehead atoms. The van der Waals surface area contributed by atoms with Crippen LogP contribution in [0.3, 0.4) is 0 Å². The Bertz CT molecular complexity index is 638. The summed E-state index contributed by atoms with van der Waals surface area (Å²) in [5.74, 6) is -0.00745. The van der Waals surface area contributed by atoms with E-state index in [1.54, 1.807) is 0 Å². The van der Waals surface area contributed by atoms with Gasteiger partial charge in [0.05, 0.1) is 0 Å². The van der Waals surface area contributed by atoms with Crippen molar-refractivity contribution in [3.8, 4) is 0 Å². The Morgan fingerprint density at radius 1 is 1.35 bits per heavy atom. The van der Waals surface area contributed by atoms with Crippen LogP contribution in [0, 0.1) is 13.8 Å². The van der Waals surface area contributed by atoms with Gasteiger partial charge in [-0.15, -0.1) is 0 Å². The van der Waals surface area contributed by atoms with E-state index in [-0.39, 0.29) is 11.9 Å². The Labute approximate surface area is 118 Å². The van der Waals surface area contributed by atoms with Crippen molar-refractivity contribution in [1.82, 2.24) is 15.6 Å². The fourth-order valence-electron chi connectivity index (χ4n) is 2.82. The van der Waals surface area contributed by atoms with Gasteiger partial charge in [0.2, 0.25) is 0 Å². The van der Waals surface area contributed by atoms with Crippen LogP contribution in [0.15, 0.2) is 18.2 Å². The zero-order valence-corrected chi connectivity index (χ0v) is 12.0. The van der Waals surface area contributed by atoms with E-state index in [9.17, 15) is 4.79 Å². The van der Waals surface area contributed by atoms with Crippen LogP contribution in [-0.2, 0) is 0 Å². The average molecular weight is 271 g/mol. The van der Waals surface area contributed by atoms with Gasteiger partial charge in [-0.2, -0.15) is 0 Å². The maximum Gasteiger partial charge on any atom is 0.267 e. The number of carbonyl (C=O) groups is 1. The number of aromatic amines is 1. The quantitative estimate of drug-likeness (QED) is 0.785. The molecule has 1 atom stereocenters. The molecule has 1 amide bonds. The lowest BCUT2D eigenvalue weighted by atomic mass is 10.1. The Balaban J connectivity index is 1.82. The number of piperidine rings is 1. The molecule has 2 aromatic rings. The summed E-state index contributed by atoms with van der Waals surface area (Å²) in [5, 5.41) is 7.54. The highest BCUT2D eigenvalue weighted by molar-refractivity contribution is 5.99. The maximum atomic E-state index is 12.3. The SMILES string of the molecule is Cc1ccc2[nH]c(C(=O)N[C@@H]3CCCNC3)cc2c1C. The van der Waals surface area contributed by atoms with Gasteiger partial charge in [-0.1, -0.05) is 6.07 Å². The first-order valence-corrected chi connectivity index (χ1v) is 7.25. The molecule has 20 heavy (non-hydrogen) atoms. The molecule has 4 nitrogen and oxygen atoms in total. The number of nitrogens with one attached hydrogen (secondary N) is 3. The molecule has 0 unspecified atom stereocenters. The second-order valence-corrected chi connectivity index (χ2v) is 5.67. The lowest BCUT2D eigenvalue weighted by Gasteiger charge is -2.23. The second kappa shape index (κ2) is 5.29. The number of hydrogen-bond donors (Lipinski definition) is 3. The number of fused-ring (bicyclic) bond motifs is 1. The van der Waals surface area contributed by atoms with Crippen molar-refractivity contribution in [2.24, 2.45) is 0 Å². The van der Waals surface area contributed by atoms with Crippen LogP contribution in [0.4, 0.5) is 0 Å². The lowest BCUT2D eigenvalue weighted by molar-refractivity contribution is 0.0926. The number of carbonyl (C=O) groups excluding carboxylic acids is 1. The first-order chi connectivity index (χ1) is 9.65. The van der Waals surface area contributed by atoms with Gasteiger partial charge in [0.1, 0.15) is 5.69 Å². The number of amides is 1. The lowest BCUT2D eigenvalue weighted by Crippen LogP contribution is -2.45. The van der Waals surface area contributed by atoms with Crippen molar-refractivity contribution >= 4 is 16.8 Å². The zero-order chi connectivity index (χ0) is 14.1. The summed E-state index contributed by atoms with van der Waals surface area (Å²) in [5.41, 5.74) is 4.16. The van der Waals surface area contributed by atoms with Crippen LogP contribution in [0.25, 0.3) is 10.9 Å². The molecule has 1 aromatic heterocycles. The van der Waals surface area contributed by atoms with E-state index in [0.29, 0.717) is 5.69 Å². The van der Waals surface area contributed by atoms with Gasteiger partial charge in [-0.3, -0.25) is 4.79 Å². The van der Waals surface area contributed by atoms with Crippen LogP contribution in [-0.4, -0.2) is 30.0 Å². The summed E-state index contributed by atoms with van der Waals surface area (Å²) in [6, 6.07) is 6.33. The number of aromatic nitrogens is 1. The summed E-state index contributed by atoms with van der Waals surface area (Å²) >= 11 is 0. The van der Waals surface area contributed by atoms with Gasteiger partial charge in [0.15, 0.2) is 0 Å². The minimum Gasteiger partial charge on any atom is -0.351 e. The molecule has 0 radical (unpaired) electrons. The van der Waals surface area contributed by atoms with Crippen LogP contribution in [0.2, 0.25) is 0 Å². The predicted molar refractivity (Wildman–Crippen MR) is 81.1 cm³/mol. The third-order valence-electron chi connectivity index (χ3n) is 4.22. The molecular weight excluding hydrogens is 250 g/mol. The number of aryl methyl sites for hydroxylation is 2. The first-order valence-electron chi connectivity index (χ1n) is 7.25. The van der Waals surface area contributed by atoms with E-state index in [0.717, 1.165) is 36.8 Å². The van der Waals surface area contributed by atoms with Crippen molar-refractivity contribution in [2.75, 3.05) is 13.1 Å². The van der Waals surface area contributed by atoms with E-state index >= 15 is 0 Å². The van der Waals surface area contributed by atoms with Gasteiger partial charge in [-0.25, -0.2) is 0 Å². The third kappa shape index (κ3) is 2.43. The molecule has 1 aliphatic rings. The summed E-state index contributed by atoms with van der Waals surface area (Å²) in [6.07, 6.45) is 2.17. The van der Waals surface area contributed by atoms with E-state index in [1.165, 1.54) is 11.1 Å². The highest BCUT2D eigenvalue weighted by Crippen LogP contribution is 2.22. The molecular formula is C16H21N3O. The third-order valence-corrected chi connectivity index (χ3v) is 4.22. The number of H-pyrrole nitrogens is 1. The maximum absolute atomic E-state index is 12.3. The molecule has 106 valence electrons. The van der Waals surface area contributed by atoms with E-state index in [4.69, 9.17) is 0 Å². The number of hydrogen-bond acceptors (Lipinski definition) is 2. The molecule has 0 saturated carbocycles. The standard InChI is InChI=1S/C16H21N3O/c1-10-5-6-14-13(11(10)2)8-15(19-14)16(20)18-12-4-3-7-17-9-12/h5-6,8,12,17,19H,3-4,7,9H2,1-2H3,(H,18,20)/t12-/m1/s1. The molecule has 2 heterocycles. The molecule has 4 heteroatoms. The Morgan fingerprint density at radius 3 is 2.95 bits per heavy atom. The van der Waals surface area contributed by atoms with Crippen LogP contribution in [0.5, 0.6) is 0 Å². The molecule has 1 saturated heterocycles. The fourth-order valence-corrected chi connectivity index (χ4v) is 2.82. The Hall–Kier alpha value is -1.81. The molecule has 0 spiro atoms. The average Bonchev–Trinajstić information content (AvgIpc) is 2.89. The highest BCUT2D eigenvalue weighted by atomic mass is 16.1. The number of benzene rings is 1. The van der Waals surface area contributed by atoms with Crippen molar-refractivity contribution < 1.29 is 4.79 Å². The Kier molecular flexibility index (Phi) is 3.49. The van der Waals surface area contributed by atoms with E-state index < -0.39 is 0 Å². The van der Waals surface area contributed by atoms with Gasteiger partial charge < -0.3 is 15.6 Å². The summed E-state index contributed by atoms with van der Waals surface area (Å²) in [7, 11) is 0. The van der Waals surface area contributed by atoms with E-state index in [1.807, 2.05) is 12.1 Å². The van der Waals surface area contributed by atoms with Crippen LogP contribution >= 0.6 is 0 Å². The monoisotopic (exact) mass is 271 g/mol. The summed E-state index contributed by atoms with van der Waals surface area (Å²) in [6.45, 7) is 6.11. The van der Waals surface area contributed by atoms with Gasteiger partial charge in [0.25, 0.3) is 5.91 Å². The largest absolute Gasteiger partial charge is 0.351 e. The number of rotatable bonds is 2. The molecule has 1 aliphatic heterocycles. The first kappa shape index (κ1) is 13.2. The van der Waals surface area contributed by atoms with Gasteiger partial charge >= 0.3 is 0 Å². The predicted octanol–water partition coefficient (Wildman–Crippen LogP) is 2.27. The minimum atomic E-state index is -0.00745. The van der Waals surface area contributed by atoms with Crippen molar-refractivity contribution in [2.45, 2.75) is 32.7 Å². The topological polar surface area (TPSA) is 56.9 Å². The normalized spacial score (nSPS) is 19.2. The molecule has 3 N–H and O–H groups in total. The Morgan fingerprint density at radius 2 is 2.20 bits per heavy atom. The highest BCUT2D eigenvalue weighted by Gasteiger charge is 2.18. The summed E-state index contributed by atoms with van der Waals surface area (Å²) in [4.78, 5) is 15.5. The second-order valence-electron chi connectivity index (χ2n) is 5.67. The zero-order valence-electron chi connectivity index (χ0n) is 12.0. The van der Waals surface area contributed by atoms with Gasteiger partial charge in [0, 0.05) is 23.5 Å². The smallest absolute Gasteiger partial charge is 0.267 e. The van der Waals surface area contributed by atoms with Crippen molar-refractivity contribution in [3.63, 3.8) is 0 Å². The fraction of sp³-hybridized carbons (Fsp3) is 0.438. The van der Waals surface area contributed by atoms with Crippen LogP contribution < -0.4 is 10.6 Å². The van der Waals surface area contributed by atoms with Crippen LogP contribution in [0.1, 0.15) is 34.5 Å². The van der Waals surface area contributed by atoms with Crippen molar-refractivity contribution in [3.05, 3.63) is 35.0 Å². The van der Waals surface area contributed by atoms with E-state index in [2.05, 4.69) is 35.5 Å². The molecule has 0 aliphatic carbocycles. The molecule has 3 rings (SSSR count). The molecule has 1 aromatic carbocycles. The summed E-state index contributed by atoms with van der Waals surface area (Å²) < 4.78 is 0. The minimum absolute atomic E-state index is 0.00745. The van der Waals surface area contributed by atoms with Crippen molar-refractivity contribution in [1.29, 1.82) is 0 Å². The van der Waals surface area contributed by atoms with Gasteiger partial charge in [-0.05, 0) is 56.5 Å².